The minimum Gasteiger partial charge on any atom is -0.463 e. The second-order valence-corrected chi connectivity index (χ2v) is 29.7. The van der Waals surface area contributed by atoms with Crippen molar-refractivity contribution in [3.63, 3.8) is 0 Å². The molecule has 0 aromatic carbocycles. The quantitative estimate of drug-likeness (QED) is 0.0146. The van der Waals surface area contributed by atoms with Crippen molar-refractivity contribution < 1.29 is 75.8 Å². The van der Waals surface area contributed by atoms with Crippen LogP contribution < -0.4 is 0 Å². The molecule has 18 heteroatoms. The monoisotopic (exact) mass is 1510 g/mol. The first-order valence-corrected chi connectivity index (χ1v) is 43.8. The molecule has 105 heavy (non-hydrogen) atoms. The number of aliphatic hydroxyl groups excluding tert-OH is 2. The molecule has 0 aromatic rings. The molecule has 0 aromatic heterocycles. The van der Waals surface area contributed by atoms with E-state index in [9.17, 15) is 43.5 Å². The molecule has 0 heterocycles. The number of carbonyl (C=O) groups is 3. The maximum absolute atomic E-state index is 13.0. The number of rotatable bonds is 76. The summed E-state index contributed by atoms with van der Waals surface area (Å²) >= 11 is 0. The summed E-state index contributed by atoms with van der Waals surface area (Å²) in [7, 11) is -9.81. The average molecular weight is 1510 g/mol. The van der Waals surface area contributed by atoms with Gasteiger partial charge in [0.1, 0.15) is 25.4 Å². The summed E-state index contributed by atoms with van der Waals surface area (Å²) in [5.74, 6) is -1.61. The van der Waals surface area contributed by atoms with E-state index in [1.165, 1.54) is 77.0 Å². The van der Waals surface area contributed by atoms with Gasteiger partial charge in [0.2, 0.25) is 0 Å². The van der Waals surface area contributed by atoms with E-state index in [1.807, 2.05) is 0 Å². The van der Waals surface area contributed by atoms with Crippen molar-refractivity contribution in [1.29, 1.82) is 0 Å². The molecule has 0 bridgehead atoms. The summed E-state index contributed by atoms with van der Waals surface area (Å²) in [6.45, 7) is 2.32. The van der Waals surface area contributed by atoms with Crippen molar-refractivity contribution in [2.75, 3.05) is 39.6 Å². The lowest BCUT2D eigenvalue weighted by atomic mass is 10.0. The molecule has 0 aliphatic heterocycles. The molecule has 5 atom stereocenters. The van der Waals surface area contributed by atoms with Gasteiger partial charge in [-0.15, -0.1) is 0 Å². The number of esters is 3. The molecule has 0 spiro atoms. The zero-order valence-corrected chi connectivity index (χ0v) is 67.4. The summed E-state index contributed by atoms with van der Waals surface area (Å²) < 4.78 is 61.2. The van der Waals surface area contributed by atoms with Gasteiger partial charge in [-0.25, -0.2) is 9.13 Å². The second-order valence-electron chi connectivity index (χ2n) is 26.8. The number of ether oxygens (including phenoxy) is 3. The number of phosphoric acid groups is 2. The Labute approximate surface area is 638 Å². The van der Waals surface area contributed by atoms with Crippen LogP contribution in [-0.2, 0) is 55.8 Å². The number of hydrogen-bond donors (Lipinski definition) is 4. The largest absolute Gasteiger partial charge is 0.472 e. The molecule has 0 saturated heterocycles. The molecule has 600 valence electrons. The topological polar surface area (TPSA) is 231 Å². The highest BCUT2D eigenvalue weighted by molar-refractivity contribution is 7.47. The van der Waals surface area contributed by atoms with E-state index in [4.69, 9.17) is 32.3 Å². The normalized spacial score (nSPS) is 14.8. The van der Waals surface area contributed by atoms with E-state index in [0.717, 1.165) is 180 Å². The molecule has 16 nitrogen and oxygen atoms in total. The third kappa shape index (κ3) is 80.0. The fourth-order valence-corrected chi connectivity index (χ4v) is 12.2. The number of allylic oxidation sites excluding steroid dienone is 26. The van der Waals surface area contributed by atoms with Crippen LogP contribution in [0.4, 0.5) is 0 Å². The van der Waals surface area contributed by atoms with E-state index < -0.39 is 91.5 Å². The van der Waals surface area contributed by atoms with Crippen LogP contribution in [0.25, 0.3) is 0 Å². The van der Waals surface area contributed by atoms with Crippen LogP contribution in [0.1, 0.15) is 316 Å². The molecule has 4 N–H and O–H groups in total. The number of carbonyl (C=O) groups excluding carboxylic acids is 3. The smallest absolute Gasteiger partial charge is 0.463 e. The Morgan fingerprint density at radius 1 is 0.267 bits per heavy atom. The Bertz CT molecular complexity index is 2540. The first kappa shape index (κ1) is 100. The Morgan fingerprint density at radius 2 is 0.476 bits per heavy atom. The van der Waals surface area contributed by atoms with Crippen LogP contribution >= 0.6 is 15.6 Å². The predicted octanol–water partition coefficient (Wildman–Crippen LogP) is 24.2. The molecule has 0 radical (unpaired) electrons. The van der Waals surface area contributed by atoms with E-state index in [2.05, 4.69) is 179 Å². The highest BCUT2D eigenvalue weighted by Crippen LogP contribution is 2.45. The van der Waals surface area contributed by atoms with Gasteiger partial charge in [-0.2, -0.15) is 0 Å². The second kappa shape index (κ2) is 78.7. The fourth-order valence-electron chi connectivity index (χ4n) is 10.6. The Morgan fingerprint density at radius 3 is 0.752 bits per heavy atom. The maximum Gasteiger partial charge on any atom is 0.472 e. The first-order valence-electron chi connectivity index (χ1n) is 40.8. The lowest BCUT2D eigenvalue weighted by Crippen LogP contribution is -2.30. The zero-order valence-electron chi connectivity index (χ0n) is 65.6. The van der Waals surface area contributed by atoms with E-state index in [1.54, 1.807) is 0 Å². The maximum atomic E-state index is 13.0. The number of aliphatic hydroxyl groups is 2. The third-order valence-electron chi connectivity index (χ3n) is 16.7. The molecule has 0 fully saturated rings. The molecule has 0 saturated carbocycles. The standard InChI is InChI=1S/C87H146O16P2/c1-4-7-10-13-16-19-22-25-28-30-32-34-36-37-38-39-40-41-42-43-45-47-48-50-53-55-58-61-64-67-70-73-85(90)97-76-82(88)77-99-104(93,94)100-78-83(89)79-101-105(95,96)102-81-84(103-87(92)75-72-69-66-63-60-57-52-27-24-21-18-15-12-9-6-3)80-98-86(91)74-71-68-65-62-59-56-54-51-49-46-44-35-33-31-29-26-23-20-17-14-11-8-5-2/h7-12,16-21,25-29,32-35,37-38,46,49,52,82-84,88-89H,4-6,13-15,22-24,30-31,36,39-45,47-48,50-51,53-81H2,1-3H3,(H,93,94)(H,95,96)/b10-7-,11-8-,12-9-,19-16-,20-17-,21-18-,28-25-,29-26-,34-32-,35-33-,38-37-,49-46-,52-27-. The summed E-state index contributed by atoms with van der Waals surface area (Å²) in [5.41, 5.74) is 0. The number of hydrogen-bond acceptors (Lipinski definition) is 14. The summed E-state index contributed by atoms with van der Waals surface area (Å²) in [6, 6.07) is 0. The van der Waals surface area contributed by atoms with Crippen molar-refractivity contribution in [2.24, 2.45) is 0 Å². The molecule has 0 aliphatic rings. The minimum atomic E-state index is -4.94. The number of unbranched alkanes of at least 4 members (excludes halogenated alkanes) is 27. The van der Waals surface area contributed by atoms with E-state index >= 15 is 0 Å². The van der Waals surface area contributed by atoms with Gasteiger partial charge in [0, 0.05) is 19.3 Å². The van der Waals surface area contributed by atoms with Gasteiger partial charge in [-0.1, -0.05) is 314 Å². The van der Waals surface area contributed by atoms with Crippen molar-refractivity contribution in [1.82, 2.24) is 0 Å². The van der Waals surface area contributed by atoms with Crippen LogP contribution in [0.15, 0.2) is 158 Å². The molecular formula is C87H146O16P2. The van der Waals surface area contributed by atoms with E-state index in [0.29, 0.717) is 19.3 Å². The predicted molar refractivity (Wildman–Crippen MR) is 435 cm³/mol. The molecule has 0 aliphatic carbocycles. The summed E-state index contributed by atoms with van der Waals surface area (Å²) in [6.07, 6.45) is 98.7. The van der Waals surface area contributed by atoms with Gasteiger partial charge < -0.3 is 34.2 Å². The Hall–Kier alpha value is -4.83. The van der Waals surface area contributed by atoms with Gasteiger partial charge in [0.25, 0.3) is 0 Å². The molecule has 0 rings (SSSR count). The SMILES string of the molecule is CC/C=C\C/C=C\C/C=C\C/C=C\C/C=C\CCCCCCCCCCCCCCCCCC(=O)OCC(O)COP(=O)(O)OCC(O)COP(=O)(O)OCC(COC(=O)CCCCCCCCC/C=C\C/C=C\C/C=C\C/C=C\C/C=C\CC)OC(=O)CCCCCCC/C=C\C/C=C\C/C=C\CC. The van der Waals surface area contributed by atoms with Gasteiger partial charge in [-0.05, 0) is 141 Å². The average Bonchev–Trinajstić information content (AvgIpc) is 0.965. The van der Waals surface area contributed by atoms with Crippen LogP contribution in [0.2, 0.25) is 0 Å². The van der Waals surface area contributed by atoms with Crippen molar-refractivity contribution >= 4 is 33.6 Å². The number of phosphoric ester groups is 2. The van der Waals surface area contributed by atoms with Crippen molar-refractivity contribution in [3.05, 3.63) is 158 Å². The van der Waals surface area contributed by atoms with E-state index in [-0.39, 0.29) is 19.3 Å². The van der Waals surface area contributed by atoms with Crippen LogP contribution in [0.3, 0.4) is 0 Å². The highest BCUT2D eigenvalue weighted by Gasteiger charge is 2.29. The Balaban J connectivity index is 4.52. The minimum absolute atomic E-state index is 0.0783. The summed E-state index contributed by atoms with van der Waals surface area (Å²) in [5, 5.41) is 20.7. The first-order chi connectivity index (χ1) is 51.2. The summed E-state index contributed by atoms with van der Waals surface area (Å²) in [4.78, 5) is 58.7. The van der Waals surface area contributed by atoms with Crippen molar-refractivity contribution in [3.8, 4) is 0 Å². The molecular weight excluding hydrogens is 1360 g/mol. The molecule has 0 amide bonds. The molecule has 5 unspecified atom stereocenters. The van der Waals surface area contributed by atoms with Gasteiger partial charge in [0.05, 0.1) is 26.4 Å². The van der Waals surface area contributed by atoms with Gasteiger partial charge in [0.15, 0.2) is 6.10 Å². The van der Waals surface area contributed by atoms with Crippen LogP contribution in [0, 0.1) is 0 Å². The van der Waals surface area contributed by atoms with Gasteiger partial charge in [-0.3, -0.25) is 32.5 Å². The fraction of sp³-hybridized carbons (Fsp3) is 0.667. The van der Waals surface area contributed by atoms with Crippen LogP contribution in [0.5, 0.6) is 0 Å². The zero-order chi connectivity index (χ0) is 76.6. The Kier molecular flexibility index (Phi) is 75.1. The van der Waals surface area contributed by atoms with Gasteiger partial charge >= 0.3 is 33.6 Å². The third-order valence-corrected chi connectivity index (χ3v) is 18.6. The van der Waals surface area contributed by atoms with Crippen LogP contribution in [-0.4, -0.2) is 95.9 Å². The lowest BCUT2D eigenvalue weighted by Gasteiger charge is -2.21. The highest BCUT2D eigenvalue weighted by atomic mass is 31.2. The lowest BCUT2D eigenvalue weighted by molar-refractivity contribution is -0.161. The van der Waals surface area contributed by atoms with Crippen molar-refractivity contribution in [2.45, 2.75) is 334 Å².